The van der Waals surface area contributed by atoms with E-state index in [1.807, 2.05) is 13.8 Å². The van der Waals surface area contributed by atoms with Gasteiger partial charge in [-0.1, -0.05) is 0 Å². The molecule has 0 unspecified atom stereocenters. The summed E-state index contributed by atoms with van der Waals surface area (Å²) in [4.78, 5) is 24.1. The lowest BCUT2D eigenvalue weighted by atomic mass is 10.2. The summed E-state index contributed by atoms with van der Waals surface area (Å²) in [7, 11) is 2.96. The molecule has 4 N–H and O–H groups in total. The van der Waals surface area contributed by atoms with Crippen molar-refractivity contribution in [1.82, 2.24) is 0 Å². The summed E-state index contributed by atoms with van der Waals surface area (Å²) >= 11 is 2.69. The summed E-state index contributed by atoms with van der Waals surface area (Å²) in [5.74, 6) is -0.812. The number of carbonyl (C=O) groups is 2. The third-order valence-corrected chi connectivity index (χ3v) is 9.13. The average molecular weight is 433 g/mol. The Morgan fingerprint density at radius 1 is 0.846 bits per heavy atom. The number of anilines is 2. The van der Waals surface area contributed by atoms with Crippen LogP contribution in [0.1, 0.15) is 45.7 Å². The van der Waals surface area contributed by atoms with Crippen LogP contribution >= 0.6 is 44.3 Å². The third kappa shape index (κ3) is 4.30. The Bertz CT molecular complexity index is 761. The molecule has 0 aliphatic heterocycles. The maximum Gasteiger partial charge on any atom is 0.341 e. The van der Waals surface area contributed by atoms with Gasteiger partial charge in [-0.3, -0.25) is 0 Å². The molecule has 2 rings (SSSR count). The van der Waals surface area contributed by atoms with Crippen molar-refractivity contribution in [2.45, 2.75) is 36.1 Å². The first-order valence-electron chi connectivity index (χ1n) is 7.78. The van der Waals surface area contributed by atoms with E-state index in [4.69, 9.17) is 20.9 Å². The molecule has 0 fully saturated rings. The number of hydrogen-bond donors (Lipinski definition) is 2. The smallest absolute Gasteiger partial charge is 0.341 e. The van der Waals surface area contributed by atoms with Gasteiger partial charge >= 0.3 is 11.9 Å². The molecule has 0 saturated heterocycles. The summed E-state index contributed by atoms with van der Waals surface area (Å²) in [5.41, 5.74) is 14.4. The molecular weight excluding hydrogens is 412 g/mol. The standard InChI is InChI=1S/C16H20N2O4S4/c1-5-21-13(19)9-7(3)15(23-11(9)17)25-26-16-8(4)10(12(18)24-16)14(20)22-6-2/h5-6,17-18H2,1-4H3. The van der Waals surface area contributed by atoms with Crippen molar-refractivity contribution >= 4 is 66.2 Å². The van der Waals surface area contributed by atoms with Crippen LogP contribution in [-0.2, 0) is 9.47 Å². The molecule has 6 nitrogen and oxygen atoms in total. The molecule has 142 valence electrons. The largest absolute Gasteiger partial charge is 0.462 e. The number of esters is 2. The minimum absolute atomic E-state index is 0.301. The van der Waals surface area contributed by atoms with Gasteiger partial charge < -0.3 is 20.9 Å². The lowest BCUT2D eigenvalue weighted by Crippen LogP contribution is -2.07. The highest BCUT2D eigenvalue weighted by Crippen LogP contribution is 2.50. The van der Waals surface area contributed by atoms with E-state index >= 15 is 0 Å². The number of nitrogen functional groups attached to an aromatic ring is 2. The van der Waals surface area contributed by atoms with Crippen LogP contribution in [-0.4, -0.2) is 25.2 Å². The van der Waals surface area contributed by atoms with Gasteiger partial charge in [-0.15, -0.1) is 22.7 Å². The highest BCUT2D eigenvalue weighted by atomic mass is 33.1. The molecule has 0 aromatic carbocycles. The second kappa shape index (κ2) is 9.03. The topological polar surface area (TPSA) is 105 Å². The minimum Gasteiger partial charge on any atom is -0.462 e. The molecule has 0 aliphatic rings. The van der Waals surface area contributed by atoms with E-state index in [-0.39, 0.29) is 0 Å². The fraction of sp³-hybridized carbons (Fsp3) is 0.375. The van der Waals surface area contributed by atoms with Crippen molar-refractivity contribution in [2.24, 2.45) is 0 Å². The van der Waals surface area contributed by atoms with Crippen LogP contribution in [0.5, 0.6) is 0 Å². The lowest BCUT2D eigenvalue weighted by molar-refractivity contribution is 0.0517. The number of thiophene rings is 2. The van der Waals surface area contributed by atoms with Crippen molar-refractivity contribution in [3.63, 3.8) is 0 Å². The van der Waals surface area contributed by atoms with Gasteiger partial charge in [0, 0.05) is 0 Å². The van der Waals surface area contributed by atoms with Crippen molar-refractivity contribution in [1.29, 1.82) is 0 Å². The second-order valence-corrected chi connectivity index (χ2v) is 9.89. The maximum absolute atomic E-state index is 12.0. The third-order valence-electron chi connectivity index (χ3n) is 3.41. The molecule has 0 amide bonds. The summed E-state index contributed by atoms with van der Waals surface area (Å²) in [6.45, 7) is 7.81. The Morgan fingerprint density at radius 2 is 1.19 bits per heavy atom. The molecule has 2 heterocycles. The Hall–Kier alpha value is -1.36. The number of carbonyl (C=O) groups excluding carboxylic acids is 2. The Morgan fingerprint density at radius 3 is 1.50 bits per heavy atom. The van der Waals surface area contributed by atoms with E-state index < -0.39 is 11.9 Å². The van der Waals surface area contributed by atoms with Crippen molar-refractivity contribution in [2.75, 3.05) is 24.7 Å². The first kappa shape index (κ1) is 20.9. The zero-order chi connectivity index (χ0) is 19.4. The second-order valence-electron chi connectivity index (χ2n) is 5.12. The van der Waals surface area contributed by atoms with Crippen LogP contribution in [0.15, 0.2) is 8.42 Å². The number of rotatable bonds is 7. The van der Waals surface area contributed by atoms with E-state index in [0.29, 0.717) is 34.3 Å². The summed E-state index contributed by atoms with van der Waals surface area (Å²) in [5, 5.41) is 0.886. The van der Waals surface area contributed by atoms with Gasteiger partial charge in [0.2, 0.25) is 0 Å². The van der Waals surface area contributed by atoms with Gasteiger partial charge in [0.05, 0.1) is 32.8 Å². The normalized spacial score (nSPS) is 10.8. The molecule has 2 aromatic rings. The Balaban J connectivity index is 2.20. The SMILES string of the molecule is CCOC(=O)c1c(N)sc(SSc2sc(N)c(C(=O)OCC)c2C)c1C. The maximum atomic E-state index is 12.0. The zero-order valence-corrected chi connectivity index (χ0v) is 18.1. The molecular formula is C16H20N2O4S4. The van der Waals surface area contributed by atoms with Gasteiger partial charge in [0.25, 0.3) is 0 Å². The quantitative estimate of drug-likeness (QED) is 0.477. The van der Waals surface area contributed by atoms with Crippen LogP contribution < -0.4 is 11.5 Å². The molecule has 0 aliphatic carbocycles. The first-order valence-corrected chi connectivity index (χ1v) is 11.6. The van der Waals surface area contributed by atoms with Gasteiger partial charge in [0.1, 0.15) is 10.0 Å². The molecule has 0 radical (unpaired) electrons. The molecule has 0 spiro atoms. The zero-order valence-electron chi connectivity index (χ0n) is 14.8. The van der Waals surface area contributed by atoms with Crippen LogP contribution in [0.3, 0.4) is 0 Å². The Labute approximate surface area is 168 Å². The molecule has 10 heteroatoms. The fourth-order valence-corrected chi connectivity index (χ4v) is 7.61. The molecule has 0 atom stereocenters. The average Bonchev–Trinajstić information content (AvgIpc) is 3.01. The minimum atomic E-state index is -0.406. The monoisotopic (exact) mass is 432 g/mol. The highest BCUT2D eigenvalue weighted by Gasteiger charge is 2.24. The van der Waals surface area contributed by atoms with E-state index in [2.05, 4.69) is 0 Å². The van der Waals surface area contributed by atoms with E-state index in [0.717, 1.165) is 19.5 Å². The summed E-state index contributed by atoms with van der Waals surface area (Å²) in [6, 6.07) is 0. The van der Waals surface area contributed by atoms with Crippen LogP contribution in [0, 0.1) is 13.8 Å². The predicted molar refractivity (Wildman–Crippen MR) is 111 cm³/mol. The summed E-state index contributed by atoms with van der Waals surface area (Å²) < 4.78 is 12.0. The van der Waals surface area contributed by atoms with E-state index in [9.17, 15) is 9.59 Å². The fourth-order valence-electron chi connectivity index (χ4n) is 2.18. The van der Waals surface area contributed by atoms with Crippen molar-refractivity contribution in [3.8, 4) is 0 Å². The first-order chi connectivity index (χ1) is 12.3. The number of nitrogens with two attached hydrogens (primary N) is 2. The van der Waals surface area contributed by atoms with Crippen molar-refractivity contribution < 1.29 is 19.1 Å². The number of ether oxygens (including phenoxy) is 2. The van der Waals surface area contributed by atoms with Gasteiger partial charge in [-0.05, 0) is 60.4 Å². The Kier molecular flexibility index (Phi) is 7.27. The molecule has 0 bridgehead atoms. The number of hydrogen-bond acceptors (Lipinski definition) is 10. The summed E-state index contributed by atoms with van der Waals surface area (Å²) in [6.07, 6.45) is 0. The van der Waals surface area contributed by atoms with E-state index in [1.165, 1.54) is 44.3 Å². The molecule has 26 heavy (non-hydrogen) atoms. The van der Waals surface area contributed by atoms with Gasteiger partial charge in [-0.25, -0.2) is 9.59 Å². The highest BCUT2D eigenvalue weighted by molar-refractivity contribution is 8.77. The lowest BCUT2D eigenvalue weighted by Gasteiger charge is -2.03. The van der Waals surface area contributed by atoms with E-state index in [1.54, 1.807) is 13.8 Å². The van der Waals surface area contributed by atoms with Crippen molar-refractivity contribution in [3.05, 3.63) is 22.3 Å². The molecule has 2 aromatic heterocycles. The van der Waals surface area contributed by atoms with Gasteiger partial charge in [-0.2, -0.15) is 0 Å². The van der Waals surface area contributed by atoms with Crippen LogP contribution in [0.2, 0.25) is 0 Å². The van der Waals surface area contributed by atoms with Gasteiger partial charge in [0.15, 0.2) is 0 Å². The van der Waals surface area contributed by atoms with Crippen LogP contribution in [0.25, 0.3) is 0 Å². The van der Waals surface area contributed by atoms with Crippen LogP contribution in [0.4, 0.5) is 10.0 Å². The predicted octanol–water partition coefficient (Wildman–Crippen LogP) is 4.74. The molecule has 0 saturated carbocycles.